The number of nitrogens with zero attached hydrogens (tertiary/aromatic N) is 1. The number of likely N-dealkylation sites (tertiary alicyclic amines) is 1. The number of nitrogens with two attached hydrogens (primary N) is 1. The molecule has 3 unspecified atom stereocenters. The highest BCUT2D eigenvalue weighted by Crippen LogP contribution is 2.32. The van der Waals surface area contributed by atoms with Gasteiger partial charge in [0.2, 0.25) is 0 Å². The fourth-order valence-corrected chi connectivity index (χ4v) is 3.23. The lowest BCUT2D eigenvalue weighted by Gasteiger charge is -2.29. The van der Waals surface area contributed by atoms with E-state index in [1.54, 1.807) is 0 Å². The summed E-state index contributed by atoms with van der Waals surface area (Å²) in [5.41, 5.74) is 8.67. The molecule has 0 aliphatic carbocycles. The van der Waals surface area contributed by atoms with Crippen molar-refractivity contribution in [3.63, 3.8) is 0 Å². The van der Waals surface area contributed by atoms with Crippen molar-refractivity contribution in [1.29, 1.82) is 0 Å². The van der Waals surface area contributed by atoms with E-state index in [0.29, 0.717) is 23.9 Å². The summed E-state index contributed by atoms with van der Waals surface area (Å²) in [5, 5.41) is 0. The highest BCUT2D eigenvalue weighted by atomic mass is 15.2. The van der Waals surface area contributed by atoms with Gasteiger partial charge in [0.25, 0.3) is 0 Å². The van der Waals surface area contributed by atoms with Gasteiger partial charge >= 0.3 is 0 Å². The number of hydrogen-bond acceptors (Lipinski definition) is 2. The van der Waals surface area contributed by atoms with Crippen LogP contribution in [0.1, 0.15) is 57.2 Å². The van der Waals surface area contributed by atoms with Crippen LogP contribution in [0.4, 0.5) is 0 Å². The average molecular weight is 260 g/mol. The minimum absolute atomic E-state index is 0.493. The summed E-state index contributed by atoms with van der Waals surface area (Å²) in [7, 11) is 0. The highest BCUT2D eigenvalue weighted by molar-refractivity contribution is 5.26. The molecule has 19 heavy (non-hydrogen) atoms. The smallest absolute Gasteiger partial charge is 0.0322 e. The third kappa shape index (κ3) is 3.18. The lowest BCUT2D eigenvalue weighted by Crippen LogP contribution is -2.30. The zero-order valence-corrected chi connectivity index (χ0v) is 12.8. The maximum absolute atomic E-state index is 5.82. The van der Waals surface area contributed by atoms with Crippen LogP contribution in [0.2, 0.25) is 0 Å². The van der Waals surface area contributed by atoms with Crippen LogP contribution in [0.3, 0.4) is 0 Å². The predicted octanol–water partition coefficient (Wildman–Crippen LogP) is 3.54. The number of benzene rings is 1. The molecule has 3 atom stereocenters. The molecular formula is C17H28N2. The second-order valence-corrected chi connectivity index (χ2v) is 6.38. The summed E-state index contributed by atoms with van der Waals surface area (Å²) >= 11 is 0. The van der Waals surface area contributed by atoms with Crippen molar-refractivity contribution in [2.24, 2.45) is 11.7 Å². The van der Waals surface area contributed by atoms with E-state index < -0.39 is 0 Å². The van der Waals surface area contributed by atoms with E-state index in [9.17, 15) is 0 Å². The van der Waals surface area contributed by atoms with Gasteiger partial charge in [-0.25, -0.2) is 0 Å². The molecule has 1 aliphatic heterocycles. The van der Waals surface area contributed by atoms with Crippen molar-refractivity contribution >= 4 is 0 Å². The topological polar surface area (TPSA) is 29.3 Å². The summed E-state index contributed by atoms with van der Waals surface area (Å²) in [6.07, 6.45) is 1.24. The van der Waals surface area contributed by atoms with Crippen LogP contribution in [0.5, 0.6) is 0 Å². The van der Waals surface area contributed by atoms with E-state index in [4.69, 9.17) is 5.73 Å². The lowest BCUT2D eigenvalue weighted by atomic mass is 9.99. The molecule has 0 aromatic heterocycles. The molecule has 1 fully saturated rings. The fourth-order valence-electron chi connectivity index (χ4n) is 3.23. The molecule has 106 valence electrons. The van der Waals surface area contributed by atoms with Crippen molar-refractivity contribution in [2.45, 2.75) is 52.1 Å². The maximum atomic E-state index is 5.82. The molecule has 0 bridgehead atoms. The Morgan fingerprint density at radius 3 is 2.21 bits per heavy atom. The third-order valence-corrected chi connectivity index (χ3v) is 4.63. The summed E-state index contributed by atoms with van der Waals surface area (Å²) < 4.78 is 0. The average Bonchev–Trinajstić information content (AvgIpc) is 2.79. The van der Waals surface area contributed by atoms with Crippen molar-refractivity contribution < 1.29 is 0 Å². The second-order valence-electron chi connectivity index (χ2n) is 6.38. The van der Waals surface area contributed by atoms with Crippen LogP contribution < -0.4 is 5.73 Å². The van der Waals surface area contributed by atoms with Gasteiger partial charge in [-0.3, -0.25) is 4.90 Å². The summed E-state index contributed by atoms with van der Waals surface area (Å²) in [5.74, 6) is 1.28. The first-order chi connectivity index (χ1) is 9.02. The Morgan fingerprint density at radius 2 is 1.74 bits per heavy atom. The van der Waals surface area contributed by atoms with Gasteiger partial charge in [-0.05, 0) is 49.8 Å². The maximum Gasteiger partial charge on any atom is 0.0322 e. The zero-order chi connectivity index (χ0) is 14.0. The standard InChI is InChI=1S/C17H28N2/c1-12(2)16-5-7-17(8-6-16)14(4)19-11-15(10-18)9-13(19)3/h5-8,12-15H,9-11,18H2,1-4H3. The second kappa shape index (κ2) is 6.06. The van der Waals surface area contributed by atoms with E-state index in [0.717, 1.165) is 13.1 Å². The molecule has 2 heteroatoms. The Balaban J connectivity index is 2.09. The highest BCUT2D eigenvalue weighted by Gasteiger charge is 2.31. The van der Waals surface area contributed by atoms with Crippen molar-refractivity contribution in [3.05, 3.63) is 35.4 Å². The molecular weight excluding hydrogens is 232 g/mol. The molecule has 1 aliphatic rings. The van der Waals surface area contributed by atoms with E-state index in [-0.39, 0.29) is 0 Å². The predicted molar refractivity (Wildman–Crippen MR) is 82.3 cm³/mol. The van der Waals surface area contributed by atoms with Gasteiger partial charge in [-0.1, -0.05) is 38.1 Å². The molecule has 1 saturated heterocycles. The van der Waals surface area contributed by atoms with Crippen LogP contribution >= 0.6 is 0 Å². The zero-order valence-electron chi connectivity index (χ0n) is 12.8. The molecule has 1 heterocycles. The minimum Gasteiger partial charge on any atom is -0.330 e. The van der Waals surface area contributed by atoms with Gasteiger partial charge in [0.05, 0.1) is 0 Å². The third-order valence-electron chi connectivity index (χ3n) is 4.63. The minimum atomic E-state index is 0.493. The van der Waals surface area contributed by atoms with E-state index in [1.807, 2.05) is 0 Å². The molecule has 0 saturated carbocycles. The van der Waals surface area contributed by atoms with Crippen LogP contribution in [-0.4, -0.2) is 24.0 Å². The van der Waals surface area contributed by atoms with Crippen LogP contribution in [0.25, 0.3) is 0 Å². The molecule has 1 aromatic carbocycles. The lowest BCUT2D eigenvalue weighted by molar-refractivity contribution is 0.200. The first kappa shape index (κ1) is 14.5. The van der Waals surface area contributed by atoms with E-state index in [2.05, 4.69) is 56.9 Å². The number of rotatable bonds is 4. The normalized spacial score (nSPS) is 26.0. The van der Waals surface area contributed by atoms with Gasteiger partial charge in [0.15, 0.2) is 0 Å². The quantitative estimate of drug-likeness (QED) is 0.897. The Bertz CT molecular complexity index is 396. The first-order valence-corrected chi connectivity index (χ1v) is 7.58. The molecule has 1 aromatic rings. The van der Waals surface area contributed by atoms with Gasteiger partial charge in [0, 0.05) is 18.6 Å². The Labute approximate surface area is 118 Å². The molecule has 0 amide bonds. The Kier molecular flexibility index (Phi) is 4.64. The van der Waals surface area contributed by atoms with Crippen molar-refractivity contribution in [2.75, 3.05) is 13.1 Å². The Hall–Kier alpha value is -0.860. The Morgan fingerprint density at radius 1 is 1.16 bits per heavy atom. The SMILES string of the molecule is CC(C)c1ccc(C(C)N2CC(CN)CC2C)cc1. The van der Waals surface area contributed by atoms with Gasteiger partial charge in [-0.15, -0.1) is 0 Å². The molecule has 2 rings (SSSR count). The summed E-state index contributed by atoms with van der Waals surface area (Å²) in [6.45, 7) is 11.1. The molecule has 2 N–H and O–H groups in total. The van der Waals surface area contributed by atoms with Crippen molar-refractivity contribution in [1.82, 2.24) is 4.90 Å². The van der Waals surface area contributed by atoms with Crippen LogP contribution in [0.15, 0.2) is 24.3 Å². The largest absolute Gasteiger partial charge is 0.330 e. The van der Waals surface area contributed by atoms with Gasteiger partial charge < -0.3 is 5.73 Å². The molecule has 0 spiro atoms. The fraction of sp³-hybridized carbons (Fsp3) is 0.647. The summed E-state index contributed by atoms with van der Waals surface area (Å²) in [6, 6.07) is 10.3. The van der Waals surface area contributed by atoms with Gasteiger partial charge in [0.1, 0.15) is 0 Å². The molecule has 2 nitrogen and oxygen atoms in total. The van der Waals surface area contributed by atoms with Crippen LogP contribution in [0, 0.1) is 5.92 Å². The number of hydrogen-bond donors (Lipinski definition) is 1. The van der Waals surface area contributed by atoms with E-state index >= 15 is 0 Å². The van der Waals surface area contributed by atoms with Gasteiger partial charge in [-0.2, -0.15) is 0 Å². The summed E-state index contributed by atoms with van der Waals surface area (Å²) in [4.78, 5) is 2.60. The molecule has 0 radical (unpaired) electrons. The first-order valence-electron chi connectivity index (χ1n) is 7.58. The monoisotopic (exact) mass is 260 g/mol. The van der Waals surface area contributed by atoms with E-state index in [1.165, 1.54) is 17.5 Å². The van der Waals surface area contributed by atoms with Crippen LogP contribution in [-0.2, 0) is 0 Å². The van der Waals surface area contributed by atoms with Crippen molar-refractivity contribution in [3.8, 4) is 0 Å².